The fourth-order valence-corrected chi connectivity index (χ4v) is 2.85. The number of carbonyl (C=O) groups excluding carboxylic acids is 1. The van der Waals surface area contributed by atoms with Crippen molar-refractivity contribution in [2.45, 2.75) is 0 Å². The zero-order chi connectivity index (χ0) is 17.2. The second-order valence-electron chi connectivity index (χ2n) is 5.27. The number of nitrogens with zero attached hydrogens (tertiary/aromatic N) is 5. The zero-order valence-corrected chi connectivity index (χ0v) is 14.4. The maximum absolute atomic E-state index is 12.8. The molecule has 3 heterocycles. The van der Waals surface area contributed by atoms with E-state index in [2.05, 4.69) is 41.5 Å². The standard InChI is InChI=1S/C17H11BrN6O/c18-12-3-4-15-13(6-12)14(17(25)23-24-9-20-21-10-24)7-16(22-15)11-2-1-5-19-8-11/h1-10H,(H,23,25). The van der Waals surface area contributed by atoms with Crippen LogP contribution in [0, 0.1) is 0 Å². The average Bonchev–Trinajstić information content (AvgIpc) is 3.14. The topological polar surface area (TPSA) is 85.6 Å². The van der Waals surface area contributed by atoms with Gasteiger partial charge in [-0.25, -0.2) is 9.66 Å². The highest BCUT2D eigenvalue weighted by atomic mass is 79.9. The molecule has 0 spiro atoms. The molecule has 0 atom stereocenters. The Balaban J connectivity index is 1.87. The number of halogens is 1. The van der Waals surface area contributed by atoms with Gasteiger partial charge in [-0.1, -0.05) is 15.9 Å². The molecule has 7 nitrogen and oxygen atoms in total. The summed E-state index contributed by atoms with van der Waals surface area (Å²) in [6.07, 6.45) is 6.24. The SMILES string of the molecule is O=C(Nn1cnnc1)c1cc(-c2cccnc2)nc2ccc(Br)cc12. The monoisotopic (exact) mass is 394 g/mol. The van der Waals surface area contributed by atoms with Gasteiger partial charge >= 0.3 is 0 Å². The Morgan fingerprint density at radius 1 is 1.12 bits per heavy atom. The van der Waals surface area contributed by atoms with Crippen molar-refractivity contribution in [3.8, 4) is 11.3 Å². The molecule has 0 aliphatic carbocycles. The Bertz CT molecular complexity index is 1050. The van der Waals surface area contributed by atoms with E-state index in [1.54, 1.807) is 18.5 Å². The van der Waals surface area contributed by atoms with Crippen LogP contribution in [0.3, 0.4) is 0 Å². The molecule has 0 aliphatic rings. The summed E-state index contributed by atoms with van der Waals surface area (Å²) in [5.74, 6) is -0.282. The van der Waals surface area contributed by atoms with Gasteiger partial charge in [0.25, 0.3) is 5.91 Å². The number of carbonyl (C=O) groups is 1. The number of hydrogen-bond acceptors (Lipinski definition) is 5. The van der Waals surface area contributed by atoms with Crippen molar-refractivity contribution in [2.75, 3.05) is 5.43 Å². The van der Waals surface area contributed by atoms with Gasteiger partial charge < -0.3 is 0 Å². The third kappa shape index (κ3) is 3.11. The highest BCUT2D eigenvalue weighted by molar-refractivity contribution is 9.10. The number of rotatable bonds is 3. The van der Waals surface area contributed by atoms with Crippen molar-refractivity contribution in [3.63, 3.8) is 0 Å². The van der Waals surface area contributed by atoms with Crippen molar-refractivity contribution in [1.29, 1.82) is 0 Å². The van der Waals surface area contributed by atoms with Gasteiger partial charge in [-0.05, 0) is 36.4 Å². The number of hydrogen-bond donors (Lipinski definition) is 1. The first-order valence-corrected chi connectivity index (χ1v) is 8.17. The van der Waals surface area contributed by atoms with Crippen molar-refractivity contribution < 1.29 is 4.79 Å². The summed E-state index contributed by atoms with van der Waals surface area (Å²) in [7, 11) is 0. The fraction of sp³-hybridized carbons (Fsp3) is 0. The smallest absolute Gasteiger partial charge is 0.267 e. The van der Waals surface area contributed by atoms with E-state index in [1.165, 1.54) is 17.3 Å². The molecule has 0 unspecified atom stereocenters. The summed E-state index contributed by atoms with van der Waals surface area (Å²) in [5, 5.41) is 8.10. The van der Waals surface area contributed by atoms with Crippen molar-refractivity contribution in [1.82, 2.24) is 24.8 Å². The van der Waals surface area contributed by atoms with Crippen LogP contribution in [0.5, 0.6) is 0 Å². The van der Waals surface area contributed by atoms with Gasteiger partial charge in [0.1, 0.15) is 12.7 Å². The minimum atomic E-state index is -0.282. The van der Waals surface area contributed by atoms with Crippen LogP contribution < -0.4 is 5.43 Å². The van der Waals surface area contributed by atoms with Gasteiger partial charge in [-0.15, -0.1) is 10.2 Å². The van der Waals surface area contributed by atoms with Crippen LogP contribution in [0.25, 0.3) is 22.2 Å². The third-order valence-electron chi connectivity index (χ3n) is 3.62. The van der Waals surface area contributed by atoms with Gasteiger partial charge in [0, 0.05) is 27.8 Å². The Morgan fingerprint density at radius 3 is 2.72 bits per heavy atom. The van der Waals surface area contributed by atoms with Gasteiger partial charge in [-0.3, -0.25) is 15.2 Å². The van der Waals surface area contributed by atoms with Gasteiger partial charge in [0.15, 0.2) is 0 Å². The third-order valence-corrected chi connectivity index (χ3v) is 4.12. The molecule has 1 aromatic carbocycles. The first kappa shape index (κ1) is 15.4. The molecule has 25 heavy (non-hydrogen) atoms. The molecule has 8 heteroatoms. The molecule has 3 aromatic heterocycles. The molecule has 0 aliphatic heterocycles. The quantitative estimate of drug-likeness (QED) is 0.577. The lowest BCUT2D eigenvalue weighted by atomic mass is 10.0. The summed E-state index contributed by atoms with van der Waals surface area (Å²) in [5.41, 5.74) is 5.46. The van der Waals surface area contributed by atoms with E-state index >= 15 is 0 Å². The summed E-state index contributed by atoms with van der Waals surface area (Å²) >= 11 is 3.45. The van der Waals surface area contributed by atoms with E-state index in [4.69, 9.17) is 0 Å². The minimum absolute atomic E-state index is 0.282. The normalized spacial score (nSPS) is 10.8. The van der Waals surface area contributed by atoms with Gasteiger partial charge in [-0.2, -0.15) is 0 Å². The number of aromatic nitrogens is 5. The van der Waals surface area contributed by atoms with Crippen molar-refractivity contribution in [2.24, 2.45) is 0 Å². The summed E-state index contributed by atoms with van der Waals surface area (Å²) in [4.78, 5) is 21.6. The van der Waals surface area contributed by atoms with E-state index in [0.717, 1.165) is 20.9 Å². The van der Waals surface area contributed by atoms with Crippen molar-refractivity contribution >= 4 is 32.7 Å². The molecule has 0 saturated heterocycles. The molecule has 0 fully saturated rings. The second-order valence-corrected chi connectivity index (χ2v) is 6.18. The number of nitrogens with one attached hydrogen (secondary N) is 1. The summed E-state index contributed by atoms with van der Waals surface area (Å²) < 4.78 is 2.27. The summed E-state index contributed by atoms with van der Waals surface area (Å²) in [6, 6.07) is 11.1. The Hall–Kier alpha value is -3.13. The van der Waals surface area contributed by atoms with Crippen LogP contribution in [-0.4, -0.2) is 30.7 Å². The maximum atomic E-state index is 12.8. The number of benzene rings is 1. The molecular weight excluding hydrogens is 384 g/mol. The van der Waals surface area contributed by atoms with Crippen LogP contribution in [-0.2, 0) is 0 Å². The number of fused-ring (bicyclic) bond motifs is 1. The predicted molar refractivity (Wildman–Crippen MR) is 96.4 cm³/mol. The largest absolute Gasteiger partial charge is 0.270 e. The molecule has 0 bridgehead atoms. The number of amides is 1. The average molecular weight is 395 g/mol. The lowest BCUT2D eigenvalue weighted by Crippen LogP contribution is -2.22. The Morgan fingerprint density at radius 2 is 1.96 bits per heavy atom. The highest BCUT2D eigenvalue weighted by Crippen LogP contribution is 2.27. The lowest BCUT2D eigenvalue weighted by Gasteiger charge is -2.11. The maximum Gasteiger partial charge on any atom is 0.270 e. The van der Waals surface area contributed by atoms with Crippen molar-refractivity contribution in [3.05, 3.63) is 71.5 Å². The molecule has 1 amide bonds. The molecular formula is C17H11BrN6O. The molecule has 4 aromatic rings. The first-order valence-electron chi connectivity index (χ1n) is 7.37. The minimum Gasteiger partial charge on any atom is -0.267 e. The highest BCUT2D eigenvalue weighted by Gasteiger charge is 2.15. The van der Waals surface area contributed by atoms with Crippen LogP contribution in [0.15, 0.2) is 65.9 Å². The lowest BCUT2D eigenvalue weighted by molar-refractivity contribution is 0.101. The van der Waals surface area contributed by atoms with Gasteiger partial charge in [0.05, 0.1) is 16.8 Å². The predicted octanol–water partition coefficient (Wildman–Crippen LogP) is 3.03. The molecule has 1 N–H and O–H groups in total. The van der Waals surface area contributed by atoms with E-state index in [9.17, 15) is 4.79 Å². The van der Waals surface area contributed by atoms with Crippen LogP contribution in [0.2, 0.25) is 0 Å². The second kappa shape index (κ2) is 6.40. The number of pyridine rings is 2. The van der Waals surface area contributed by atoms with E-state index in [-0.39, 0.29) is 5.91 Å². The molecule has 0 radical (unpaired) electrons. The first-order chi connectivity index (χ1) is 12.2. The van der Waals surface area contributed by atoms with E-state index in [0.29, 0.717) is 11.3 Å². The Labute approximate surface area is 150 Å². The molecule has 122 valence electrons. The Kier molecular flexibility index (Phi) is 3.95. The fourth-order valence-electron chi connectivity index (χ4n) is 2.48. The van der Waals surface area contributed by atoms with Crippen LogP contribution in [0.4, 0.5) is 0 Å². The molecule has 0 saturated carbocycles. The molecule has 4 rings (SSSR count). The van der Waals surface area contributed by atoms with E-state index < -0.39 is 0 Å². The van der Waals surface area contributed by atoms with Crippen LogP contribution >= 0.6 is 15.9 Å². The summed E-state index contributed by atoms with van der Waals surface area (Å²) in [6.45, 7) is 0. The zero-order valence-electron chi connectivity index (χ0n) is 12.8. The van der Waals surface area contributed by atoms with Gasteiger partial charge in [0.2, 0.25) is 0 Å². The van der Waals surface area contributed by atoms with E-state index in [1.807, 2.05) is 30.3 Å². The van der Waals surface area contributed by atoms with Crippen LogP contribution in [0.1, 0.15) is 10.4 Å².